The van der Waals surface area contributed by atoms with Crippen LogP contribution in [-0.4, -0.2) is 251 Å². The molecule has 0 unspecified atom stereocenters. The lowest BCUT2D eigenvalue weighted by atomic mass is 10.1. The Bertz CT molecular complexity index is 1850. The van der Waals surface area contributed by atoms with E-state index in [1.54, 1.807) is 0 Å². The van der Waals surface area contributed by atoms with Crippen LogP contribution < -0.4 is 11.3 Å². The molecule has 360 valence electrons. The SMILES string of the molecule is Nc1nc2c(ncn2[C@@H]2O[C@H](COP(=O)(O)O)[C@@H](O)[C@H]2O)c(=O)[nH]1.O=C(O)CN(CCN(CC(=O)O)CC(=O)O)CC(=O)O.O=C(O)CN(CCN(CC(=O)O)CC(=O)O)CC(=O)O. The van der Waals surface area contributed by atoms with Gasteiger partial charge in [0.1, 0.15) is 18.3 Å². The van der Waals surface area contributed by atoms with Gasteiger partial charge in [-0.3, -0.25) is 76.8 Å². The summed E-state index contributed by atoms with van der Waals surface area (Å²) in [6.07, 6.45) is -4.22. The minimum absolute atomic E-state index is 0.0176. The monoisotopic (exact) mass is 947 g/mol. The van der Waals surface area contributed by atoms with Crippen LogP contribution in [0.1, 0.15) is 6.23 Å². The maximum absolute atomic E-state index is 11.7. The standard InChI is InChI=1S/C10H14N5O8P.2C10H16N2O8/c11-10-13-7-4(8(18)14-10)12-2-15(7)9-6(17)5(16)3(23-9)1-22-24(19,20)21;2*13-7(14)3-11(4-8(15)16)1-2-12(5-9(17)18)6-10(19)20/h2-3,5-6,9,16-17H,1H2,(H2,19,20,21)(H3,11,13,14,18);2*1-6H2,(H,13,14)(H,15,16)(H,17,18)(H,19,20)/t3-,5-,6-,9-;;/m1../s1. The predicted molar refractivity (Wildman–Crippen MR) is 203 cm³/mol. The van der Waals surface area contributed by atoms with Crippen LogP contribution in [0.3, 0.4) is 0 Å². The fourth-order valence-corrected chi connectivity index (χ4v) is 5.69. The first-order chi connectivity index (χ1) is 29.6. The number of hydrogen-bond donors (Lipinski definition) is 14. The third kappa shape index (κ3) is 22.2. The van der Waals surface area contributed by atoms with E-state index in [2.05, 4.69) is 19.5 Å². The number of ether oxygens (including phenoxy) is 1. The molecule has 3 heterocycles. The number of aromatic nitrogens is 4. The van der Waals surface area contributed by atoms with E-state index in [1.165, 1.54) is 10.9 Å². The highest BCUT2D eigenvalue weighted by molar-refractivity contribution is 7.46. The number of fused-ring (bicyclic) bond motifs is 1. The summed E-state index contributed by atoms with van der Waals surface area (Å²) in [5, 5.41) is 89.0. The molecule has 0 radical (unpaired) electrons. The molecule has 0 saturated carbocycles. The van der Waals surface area contributed by atoms with E-state index in [4.69, 9.17) is 61.1 Å². The molecule has 1 fully saturated rings. The molecule has 0 aromatic carbocycles. The topological polar surface area (TPSA) is 517 Å². The lowest BCUT2D eigenvalue weighted by Gasteiger charge is -2.23. The Morgan fingerprint density at radius 2 is 0.984 bits per heavy atom. The fourth-order valence-electron chi connectivity index (χ4n) is 5.35. The number of carboxylic acid groups (broad SMARTS) is 8. The first-order valence-electron chi connectivity index (χ1n) is 17.7. The van der Waals surface area contributed by atoms with Crippen molar-refractivity contribution in [1.82, 2.24) is 39.1 Å². The molecule has 34 heteroatoms. The first-order valence-corrected chi connectivity index (χ1v) is 19.2. The molecule has 0 aliphatic carbocycles. The summed E-state index contributed by atoms with van der Waals surface area (Å²) in [5.41, 5.74) is 4.84. The fraction of sp³-hybridized carbons (Fsp3) is 0.567. The number of nitrogen functional groups attached to an aromatic ring is 1. The molecule has 64 heavy (non-hydrogen) atoms. The van der Waals surface area contributed by atoms with Crippen LogP contribution in [0.15, 0.2) is 11.1 Å². The predicted octanol–water partition coefficient (Wildman–Crippen LogP) is -6.71. The average Bonchev–Trinajstić information content (AvgIpc) is 3.66. The molecule has 15 N–H and O–H groups in total. The molecule has 33 nitrogen and oxygen atoms in total. The Labute approximate surface area is 356 Å². The maximum Gasteiger partial charge on any atom is 0.469 e. The van der Waals surface area contributed by atoms with Gasteiger partial charge >= 0.3 is 55.6 Å². The number of imidazole rings is 1. The van der Waals surface area contributed by atoms with Gasteiger partial charge in [-0.2, -0.15) is 4.98 Å². The number of rotatable bonds is 26. The Hall–Kier alpha value is -6.26. The normalized spacial score (nSPS) is 17.1. The number of phosphoric acid groups is 1. The number of aliphatic hydroxyl groups excluding tert-OH is 2. The van der Waals surface area contributed by atoms with Gasteiger partial charge in [0, 0.05) is 26.2 Å². The zero-order valence-corrected chi connectivity index (χ0v) is 33.9. The lowest BCUT2D eigenvalue weighted by molar-refractivity contribution is -0.145. The highest BCUT2D eigenvalue weighted by Crippen LogP contribution is 2.38. The molecule has 3 rings (SSSR count). The van der Waals surface area contributed by atoms with Gasteiger partial charge in [-0.15, -0.1) is 0 Å². The minimum atomic E-state index is -4.76. The van der Waals surface area contributed by atoms with Crippen molar-refractivity contribution in [2.24, 2.45) is 0 Å². The minimum Gasteiger partial charge on any atom is -0.480 e. The third-order valence-corrected chi connectivity index (χ3v) is 8.29. The highest BCUT2D eigenvalue weighted by Gasteiger charge is 2.45. The van der Waals surface area contributed by atoms with Gasteiger partial charge in [0.15, 0.2) is 17.4 Å². The Balaban J connectivity index is 0.000000484. The molecular formula is C30H46N9O24P. The Morgan fingerprint density at radius 1 is 0.656 bits per heavy atom. The summed E-state index contributed by atoms with van der Waals surface area (Å²) in [4.78, 5) is 128. The van der Waals surface area contributed by atoms with E-state index in [0.717, 1.165) is 19.6 Å². The molecule has 1 saturated heterocycles. The van der Waals surface area contributed by atoms with Gasteiger partial charge in [0.2, 0.25) is 5.95 Å². The molecule has 0 amide bonds. The van der Waals surface area contributed by atoms with Gasteiger partial charge in [-0.25, -0.2) is 9.55 Å². The van der Waals surface area contributed by atoms with Crippen molar-refractivity contribution >= 4 is 72.7 Å². The van der Waals surface area contributed by atoms with Crippen molar-refractivity contribution in [3.05, 3.63) is 16.7 Å². The van der Waals surface area contributed by atoms with Gasteiger partial charge in [-0.1, -0.05) is 0 Å². The first kappa shape index (κ1) is 55.8. The average molecular weight is 948 g/mol. The lowest BCUT2D eigenvalue weighted by Crippen LogP contribution is -2.43. The molecule has 4 atom stereocenters. The van der Waals surface area contributed by atoms with Crippen molar-refractivity contribution in [2.45, 2.75) is 24.5 Å². The molecule has 1 aliphatic rings. The number of nitrogens with two attached hydrogens (primary N) is 1. The molecule has 0 bridgehead atoms. The van der Waals surface area contributed by atoms with Gasteiger partial charge in [-0.05, 0) is 0 Å². The van der Waals surface area contributed by atoms with E-state index < -0.39 is 145 Å². The number of aliphatic hydroxyl groups is 2. The summed E-state index contributed by atoms with van der Waals surface area (Å²) in [6.45, 7) is -5.15. The summed E-state index contributed by atoms with van der Waals surface area (Å²) >= 11 is 0. The second kappa shape index (κ2) is 26.4. The van der Waals surface area contributed by atoms with E-state index >= 15 is 0 Å². The number of aliphatic carboxylic acids is 8. The number of carboxylic acids is 8. The van der Waals surface area contributed by atoms with Gasteiger partial charge in [0.25, 0.3) is 5.56 Å². The van der Waals surface area contributed by atoms with E-state index in [1.807, 2.05) is 0 Å². The van der Waals surface area contributed by atoms with Crippen LogP contribution in [0.4, 0.5) is 5.95 Å². The summed E-state index contributed by atoms with van der Waals surface area (Å²) in [7, 11) is -4.76. The van der Waals surface area contributed by atoms with Crippen LogP contribution >= 0.6 is 7.82 Å². The zero-order chi connectivity index (χ0) is 49.1. The number of nitrogens with zero attached hydrogens (tertiary/aromatic N) is 7. The maximum atomic E-state index is 11.7. The summed E-state index contributed by atoms with van der Waals surface area (Å²) in [5.74, 6) is -10.00. The van der Waals surface area contributed by atoms with Crippen LogP contribution in [0.2, 0.25) is 0 Å². The Morgan fingerprint density at radius 3 is 1.28 bits per heavy atom. The highest BCUT2D eigenvalue weighted by atomic mass is 31.2. The van der Waals surface area contributed by atoms with Crippen LogP contribution in [0, 0.1) is 0 Å². The molecule has 1 aliphatic heterocycles. The number of hydrogen-bond acceptors (Lipinski definition) is 21. The Kier molecular flexibility index (Phi) is 23.0. The molecule has 0 spiro atoms. The van der Waals surface area contributed by atoms with Crippen LogP contribution in [0.25, 0.3) is 11.2 Å². The van der Waals surface area contributed by atoms with Gasteiger partial charge in [0.05, 0.1) is 65.3 Å². The second-order valence-corrected chi connectivity index (χ2v) is 14.3. The molecular weight excluding hydrogens is 901 g/mol. The van der Waals surface area contributed by atoms with Crippen molar-refractivity contribution in [3.63, 3.8) is 0 Å². The van der Waals surface area contributed by atoms with Gasteiger partial charge < -0.3 is 71.3 Å². The third-order valence-electron chi connectivity index (χ3n) is 7.80. The molecule has 2 aromatic rings. The number of carbonyl (C=O) groups is 8. The summed E-state index contributed by atoms with van der Waals surface area (Å²) in [6, 6.07) is 0. The van der Waals surface area contributed by atoms with Crippen LogP contribution in [-0.2, 0) is 52.2 Å². The number of phosphoric ester groups is 1. The van der Waals surface area contributed by atoms with E-state index in [9.17, 15) is 57.9 Å². The van der Waals surface area contributed by atoms with Crippen LogP contribution in [0.5, 0.6) is 0 Å². The van der Waals surface area contributed by atoms with Crippen molar-refractivity contribution < 1.29 is 113 Å². The van der Waals surface area contributed by atoms with E-state index in [0.29, 0.717) is 0 Å². The second-order valence-electron chi connectivity index (χ2n) is 13.1. The smallest absolute Gasteiger partial charge is 0.469 e. The number of nitrogens with one attached hydrogen (secondary N) is 1. The number of H-pyrrole nitrogens is 1. The van der Waals surface area contributed by atoms with Crippen molar-refractivity contribution in [3.8, 4) is 0 Å². The quantitative estimate of drug-likeness (QED) is 0.0390. The molecule has 2 aromatic heterocycles. The zero-order valence-electron chi connectivity index (χ0n) is 33.0. The number of anilines is 1. The number of aromatic amines is 1. The van der Waals surface area contributed by atoms with Crippen molar-refractivity contribution in [1.29, 1.82) is 0 Å². The van der Waals surface area contributed by atoms with E-state index in [-0.39, 0.29) is 43.3 Å². The summed E-state index contributed by atoms with van der Waals surface area (Å²) < 4.78 is 21.6. The largest absolute Gasteiger partial charge is 0.480 e. The van der Waals surface area contributed by atoms with Crippen molar-refractivity contribution in [2.75, 3.05) is 90.9 Å².